The molecule has 2 heterocycles. The molecule has 0 aliphatic carbocycles. The quantitative estimate of drug-likeness (QED) is 0.487. The Morgan fingerprint density at radius 3 is 2.10 bits per heavy atom. The second kappa shape index (κ2) is 5.32. The summed E-state index contributed by atoms with van der Waals surface area (Å²) in [5.74, 6) is 0. The van der Waals surface area contributed by atoms with E-state index in [-0.39, 0.29) is 0 Å². The molecule has 100 valence electrons. The molecule has 2 heteroatoms. The molecule has 0 N–H and O–H groups in total. The van der Waals surface area contributed by atoms with Crippen LogP contribution in [0.4, 0.5) is 0 Å². The number of nitrogens with zero attached hydrogens (tertiary/aromatic N) is 1. The van der Waals surface area contributed by atoms with Crippen LogP contribution in [0.5, 0.6) is 0 Å². The van der Waals surface area contributed by atoms with E-state index in [0.29, 0.717) is 14.5 Å². The zero-order valence-electron chi connectivity index (χ0n) is 11.4. The normalized spacial score (nSPS) is 10.9. The van der Waals surface area contributed by atoms with Crippen molar-refractivity contribution in [3.8, 4) is 21.3 Å². The topological polar surface area (TPSA) is 12.9 Å². The third-order valence-corrected chi connectivity index (χ3v) is 5.94. The van der Waals surface area contributed by atoms with E-state index in [1.807, 2.05) is 12.3 Å². The van der Waals surface area contributed by atoms with Gasteiger partial charge in [-0.25, -0.2) is 0 Å². The van der Waals surface area contributed by atoms with Crippen molar-refractivity contribution in [2.75, 3.05) is 0 Å². The van der Waals surface area contributed by atoms with Gasteiger partial charge in [-0.2, -0.15) is 0 Å². The van der Waals surface area contributed by atoms with Crippen LogP contribution in [0.3, 0.4) is 0 Å². The Morgan fingerprint density at radius 1 is 0.714 bits per heavy atom. The number of pyridine rings is 1. The molecule has 0 unspecified atom stereocenters. The molecule has 0 fully saturated rings. The van der Waals surface area contributed by atoms with E-state index in [1.165, 1.54) is 25.2 Å². The van der Waals surface area contributed by atoms with Crippen LogP contribution in [0.15, 0.2) is 79.0 Å². The van der Waals surface area contributed by atoms with Crippen molar-refractivity contribution in [1.29, 1.82) is 0 Å². The third-order valence-electron chi connectivity index (χ3n) is 3.53. The molecule has 2 aromatic heterocycles. The van der Waals surface area contributed by atoms with E-state index < -0.39 is 0 Å². The summed E-state index contributed by atoms with van der Waals surface area (Å²) < 4.78 is 2.86. The average molecular weight is 334 g/mol. The maximum atomic E-state index is 4.61. The van der Waals surface area contributed by atoms with Crippen LogP contribution < -0.4 is 0 Å². The van der Waals surface area contributed by atoms with Gasteiger partial charge in [0.1, 0.15) is 0 Å². The van der Waals surface area contributed by atoms with E-state index >= 15 is 0 Å². The summed E-state index contributed by atoms with van der Waals surface area (Å²) in [4.78, 5) is 4.61. The molecule has 21 heavy (non-hydrogen) atoms. The molecule has 0 bridgehead atoms. The Labute approximate surface area is 129 Å². The van der Waals surface area contributed by atoms with Gasteiger partial charge in [-0.3, -0.25) is 0 Å². The number of aromatic nitrogens is 1. The first-order valence-corrected chi connectivity index (χ1v) is 8.62. The SMILES string of the molecule is c1ccc(-c2cc3[se]c(-c4ccccc4)cc3cn2)cc1. The Morgan fingerprint density at radius 2 is 1.38 bits per heavy atom. The molecule has 2 aromatic carbocycles. The Bertz CT molecular complexity index is 842. The number of hydrogen-bond donors (Lipinski definition) is 0. The van der Waals surface area contributed by atoms with E-state index in [4.69, 9.17) is 0 Å². The summed E-state index contributed by atoms with van der Waals surface area (Å²) in [6.45, 7) is 0. The van der Waals surface area contributed by atoms with Crippen molar-refractivity contribution < 1.29 is 0 Å². The Balaban J connectivity index is 1.82. The molecule has 0 radical (unpaired) electrons. The summed E-state index contributed by atoms with van der Waals surface area (Å²) >= 11 is 0.364. The fraction of sp³-hybridized carbons (Fsp3) is 0. The van der Waals surface area contributed by atoms with Crippen LogP contribution in [0.2, 0.25) is 0 Å². The van der Waals surface area contributed by atoms with Crippen LogP contribution in [-0.2, 0) is 0 Å². The standard InChI is InChI=1S/C19H13NSe/c1-3-7-14(8-4-1)17-12-19-16(13-20-17)11-18(21-19)15-9-5-2-6-10-15/h1-13H. The fourth-order valence-corrected chi connectivity index (χ4v) is 4.70. The van der Waals surface area contributed by atoms with Crippen molar-refractivity contribution in [3.63, 3.8) is 0 Å². The zero-order chi connectivity index (χ0) is 14.1. The fourth-order valence-electron chi connectivity index (χ4n) is 2.44. The Kier molecular flexibility index (Phi) is 3.19. The molecule has 0 atom stereocenters. The first kappa shape index (κ1) is 12.6. The van der Waals surface area contributed by atoms with Gasteiger partial charge in [0.05, 0.1) is 0 Å². The van der Waals surface area contributed by atoms with Gasteiger partial charge >= 0.3 is 129 Å². The average Bonchev–Trinajstić information content (AvgIpc) is 2.99. The number of hydrogen-bond acceptors (Lipinski definition) is 1. The second-order valence-electron chi connectivity index (χ2n) is 4.95. The van der Waals surface area contributed by atoms with Crippen molar-refractivity contribution in [2.24, 2.45) is 0 Å². The zero-order valence-corrected chi connectivity index (χ0v) is 13.1. The maximum absolute atomic E-state index is 4.61. The van der Waals surface area contributed by atoms with Crippen LogP contribution in [0.25, 0.3) is 30.9 Å². The van der Waals surface area contributed by atoms with Gasteiger partial charge in [-0.05, 0) is 0 Å². The summed E-state index contributed by atoms with van der Waals surface area (Å²) in [6, 6.07) is 25.5. The van der Waals surface area contributed by atoms with Crippen molar-refractivity contribution in [3.05, 3.63) is 79.0 Å². The monoisotopic (exact) mass is 335 g/mol. The molecule has 0 saturated heterocycles. The molecule has 4 aromatic rings. The number of rotatable bonds is 2. The van der Waals surface area contributed by atoms with Gasteiger partial charge in [0, 0.05) is 0 Å². The first-order valence-electron chi connectivity index (χ1n) is 6.90. The third kappa shape index (κ3) is 2.44. The molecule has 4 rings (SSSR count). The molecular formula is C19H13NSe. The predicted molar refractivity (Wildman–Crippen MR) is 89.6 cm³/mol. The van der Waals surface area contributed by atoms with E-state index in [9.17, 15) is 0 Å². The number of benzene rings is 2. The van der Waals surface area contributed by atoms with E-state index in [0.717, 1.165) is 5.69 Å². The summed E-state index contributed by atoms with van der Waals surface area (Å²) in [6.07, 6.45) is 2.01. The van der Waals surface area contributed by atoms with Gasteiger partial charge in [0.2, 0.25) is 0 Å². The van der Waals surface area contributed by atoms with Gasteiger partial charge in [0.15, 0.2) is 0 Å². The van der Waals surface area contributed by atoms with Gasteiger partial charge in [-0.1, -0.05) is 0 Å². The van der Waals surface area contributed by atoms with Crippen molar-refractivity contribution in [1.82, 2.24) is 4.98 Å². The summed E-state index contributed by atoms with van der Waals surface area (Å²) in [5.41, 5.74) is 3.58. The van der Waals surface area contributed by atoms with Gasteiger partial charge < -0.3 is 0 Å². The molecule has 0 aliphatic heterocycles. The van der Waals surface area contributed by atoms with Crippen LogP contribution >= 0.6 is 0 Å². The van der Waals surface area contributed by atoms with Crippen molar-refractivity contribution >= 4 is 24.1 Å². The first-order chi connectivity index (χ1) is 10.4. The number of fused-ring (bicyclic) bond motifs is 1. The van der Waals surface area contributed by atoms with Crippen LogP contribution in [0.1, 0.15) is 0 Å². The van der Waals surface area contributed by atoms with Crippen LogP contribution in [0, 0.1) is 0 Å². The molecule has 0 spiro atoms. The summed E-state index contributed by atoms with van der Waals surface area (Å²) in [5, 5.41) is 1.27. The molecule has 0 aliphatic rings. The minimum atomic E-state index is 0.364. The van der Waals surface area contributed by atoms with E-state index in [1.54, 1.807) is 0 Å². The molecule has 0 amide bonds. The second-order valence-corrected chi connectivity index (χ2v) is 7.22. The van der Waals surface area contributed by atoms with E-state index in [2.05, 4.69) is 71.7 Å². The van der Waals surface area contributed by atoms with Crippen LogP contribution in [-0.4, -0.2) is 19.5 Å². The molecular weight excluding hydrogens is 321 g/mol. The van der Waals surface area contributed by atoms with Gasteiger partial charge in [-0.15, -0.1) is 0 Å². The van der Waals surface area contributed by atoms with Crippen molar-refractivity contribution in [2.45, 2.75) is 0 Å². The molecule has 0 saturated carbocycles. The van der Waals surface area contributed by atoms with Gasteiger partial charge in [0.25, 0.3) is 0 Å². The summed E-state index contributed by atoms with van der Waals surface area (Å²) in [7, 11) is 0. The minimum absolute atomic E-state index is 0.364. The Hall–Kier alpha value is -2.15. The molecule has 1 nitrogen and oxygen atoms in total. The predicted octanol–water partition coefficient (Wildman–Crippen LogP) is 4.63.